The molecule has 0 bridgehead atoms. The Morgan fingerprint density at radius 1 is 1.50 bits per heavy atom. The van der Waals surface area contributed by atoms with Crippen LogP contribution in [0.2, 0.25) is 0 Å². The highest BCUT2D eigenvalue weighted by molar-refractivity contribution is 7.10. The van der Waals surface area contributed by atoms with E-state index in [-0.39, 0.29) is 6.04 Å². The molecule has 1 heterocycles. The van der Waals surface area contributed by atoms with Gasteiger partial charge >= 0.3 is 0 Å². The minimum absolute atomic E-state index is 0.143. The molecule has 0 fully saturated rings. The van der Waals surface area contributed by atoms with Crippen LogP contribution in [0.4, 0.5) is 0 Å². The molecule has 0 aliphatic carbocycles. The summed E-state index contributed by atoms with van der Waals surface area (Å²) in [6, 6.07) is 0.143. The lowest BCUT2D eigenvalue weighted by molar-refractivity contribution is 0.650. The number of allylic oxidation sites excluding steroid dienone is 1. The molecule has 0 aliphatic rings. The van der Waals surface area contributed by atoms with Crippen molar-refractivity contribution in [1.82, 2.24) is 5.43 Å². The van der Waals surface area contributed by atoms with Gasteiger partial charge in [-0.1, -0.05) is 11.6 Å². The molecular formula is C11H18N2S. The van der Waals surface area contributed by atoms with E-state index in [2.05, 4.69) is 44.6 Å². The minimum atomic E-state index is 0.143. The molecule has 0 radical (unpaired) electrons. The third-order valence-electron chi connectivity index (χ3n) is 2.34. The summed E-state index contributed by atoms with van der Waals surface area (Å²) in [5.74, 6) is 5.54. The third kappa shape index (κ3) is 2.44. The molecule has 1 atom stereocenters. The summed E-state index contributed by atoms with van der Waals surface area (Å²) in [5, 5.41) is 2.18. The van der Waals surface area contributed by atoms with Gasteiger partial charge < -0.3 is 0 Å². The summed E-state index contributed by atoms with van der Waals surface area (Å²) < 4.78 is 0. The van der Waals surface area contributed by atoms with Gasteiger partial charge in [-0.3, -0.25) is 5.84 Å². The molecule has 3 heteroatoms. The summed E-state index contributed by atoms with van der Waals surface area (Å²) >= 11 is 1.78. The van der Waals surface area contributed by atoms with Gasteiger partial charge in [-0.05, 0) is 44.2 Å². The molecule has 2 nitrogen and oxygen atoms in total. The SMILES string of the molecule is CC(C)=CC(NN)c1csc(C)c1C. The molecule has 1 rings (SSSR count). The maximum atomic E-state index is 5.54. The van der Waals surface area contributed by atoms with Crippen molar-refractivity contribution in [2.45, 2.75) is 33.7 Å². The number of rotatable bonds is 3. The van der Waals surface area contributed by atoms with Crippen LogP contribution in [-0.2, 0) is 0 Å². The van der Waals surface area contributed by atoms with Crippen LogP contribution in [0.5, 0.6) is 0 Å². The summed E-state index contributed by atoms with van der Waals surface area (Å²) in [4.78, 5) is 1.36. The Kier molecular flexibility index (Phi) is 3.86. The molecule has 0 aromatic carbocycles. The van der Waals surface area contributed by atoms with Gasteiger partial charge in [0.1, 0.15) is 0 Å². The van der Waals surface area contributed by atoms with Gasteiger partial charge in [-0.2, -0.15) is 0 Å². The smallest absolute Gasteiger partial charge is 0.0653 e. The Bertz CT molecular complexity index is 335. The monoisotopic (exact) mass is 210 g/mol. The number of nitrogens with one attached hydrogen (secondary N) is 1. The van der Waals surface area contributed by atoms with Crippen LogP contribution in [0, 0.1) is 13.8 Å². The van der Waals surface area contributed by atoms with E-state index in [9.17, 15) is 0 Å². The molecule has 0 saturated carbocycles. The molecule has 0 saturated heterocycles. The van der Waals surface area contributed by atoms with E-state index >= 15 is 0 Å². The number of hydrazine groups is 1. The zero-order valence-electron chi connectivity index (χ0n) is 9.22. The molecule has 1 unspecified atom stereocenters. The first-order valence-corrected chi connectivity index (χ1v) is 5.60. The van der Waals surface area contributed by atoms with E-state index in [1.165, 1.54) is 21.6 Å². The first kappa shape index (κ1) is 11.4. The highest BCUT2D eigenvalue weighted by atomic mass is 32.1. The van der Waals surface area contributed by atoms with Crippen molar-refractivity contribution in [3.05, 3.63) is 33.0 Å². The number of thiophene rings is 1. The standard InChI is InChI=1S/C11H18N2S/c1-7(2)5-11(13-12)10-6-14-9(4)8(10)3/h5-6,11,13H,12H2,1-4H3. The van der Waals surface area contributed by atoms with Crippen molar-refractivity contribution in [3.63, 3.8) is 0 Å². The number of hydrogen-bond donors (Lipinski definition) is 2. The Labute approximate surface area is 89.8 Å². The molecule has 0 aliphatic heterocycles. The van der Waals surface area contributed by atoms with Gasteiger partial charge in [-0.15, -0.1) is 11.3 Å². The maximum absolute atomic E-state index is 5.54. The van der Waals surface area contributed by atoms with E-state index in [4.69, 9.17) is 5.84 Å². The zero-order valence-corrected chi connectivity index (χ0v) is 10.0. The molecule has 1 aromatic rings. The molecule has 14 heavy (non-hydrogen) atoms. The summed E-state index contributed by atoms with van der Waals surface area (Å²) in [6.07, 6.45) is 2.15. The normalized spacial score (nSPS) is 12.6. The fourth-order valence-corrected chi connectivity index (χ4v) is 2.32. The topological polar surface area (TPSA) is 38.0 Å². The average Bonchev–Trinajstić information content (AvgIpc) is 2.44. The van der Waals surface area contributed by atoms with E-state index in [0.29, 0.717) is 0 Å². The summed E-state index contributed by atoms with van der Waals surface area (Å²) in [5.41, 5.74) is 6.74. The van der Waals surface area contributed by atoms with Gasteiger partial charge in [0.05, 0.1) is 6.04 Å². The molecular weight excluding hydrogens is 192 g/mol. The van der Waals surface area contributed by atoms with Crippen LogP contribution in [0.1, 0.15) is 35.9 Å². The van der Waals surface area contributed by atoms with Gasteiger partial charge in [0.25, 0.3) is 0 Å². The Morgan fingerprint density at radius 2 is 2.14 bits per heavy atom. The van der Waals surface area contributed by atoms with Crippen molar-refractivity contribution in [3.8, 4) is 0 Å². The summed E-state index contributed by atoms with van der Waals surface area (Å²) in [6.45, 7) is 8.45. The lowest BCUT2D eigenvalue weighted by atomic mass is 10.0. The van der Waals surface area contributed by atoms with E-state index in [1.54, 1.807) is 11.3 Å². The van der Waals surface area contributed by atoms with Crippen LogP contribution in [0.25, 0.3) is 0 Å². The number of nitrogens with two attached hydrogens (primary N) is 1. The number of hydrogen-bond acceptors (Lipinski definition) is 3. The van der Waals surface area contributed by atoms with Crippen LogP contribution in [-0.4, -0.2) is 0 Å². The van der Waals surface area contributed by atoms with E-state index in [0.717, 1.165) is 0 Å². The second-order valence-corrected chi connectivity index (χ2v) is 4.84. The second kappa shape index (κ2) is 4.73. The van der Waals surface area contributed by atoms with Crippen LogP contribution < -0.4 is 11.3 Å². The minimum Gasteiger partial charge on any atom is -0.271 e. The summed E-state index contributed by atoms with van der Waals surface area (Å²) in [7, 11) is 0. The lowest BCUT2D eigenvalue weighted by Gasteiger charge is -2.12. The fourth-order valence-electron chi connectivity index (χ4n) is 1.40. The van der Waals surface area contributed by atoms with Crippen LogP contribution >= 0.6 is 11.3 Å². The van der Waals surface area contributed by atoms with Crippen molar-refractivity contribution < 1.29 is 0 Å². The second-order valence-electron chi connectivity index (χ2n) is 3.76. The highest BCUT2D eigenvalue weighted by Gasteiger charge is 2.12. The van der Waals surface area contributed by atoms with E-state index in [1.807, 2.05) is 0 Å². The highest BCUT2D eigenvalue weighted by Crippen LogP contribution is 2.27. The average molecular weight is 210 g/mol. The molecule has 1 aromatic heterocycles. The van der Waals surface area contributed by atoms with Gasteiger partial charge in [-0.25, -0.2) is 5.43 Å². The van der Waals surface area contributed by atoms with Crippen molar-refractivity contribution in [2.75, 3.05) is 0 Å². The fraction of sp³-hybridized carbons (Fsp3) is 0.455. The van der Waals surface area contributed by atoms with Crippen LogP contribution in [0.15, 0.2) is 17.0 Å². The predicted octanol–water partition coefficient (Wildman–Crippen LogP) is 2.84. The lowest BCUT2D eigenvalue weighted by Crippen LogP contribution is -2.26. The molecule has 78 valence electrons. The molecule has 0 spiro atoms. The number of aryl methyl sites for hydroxylation is 1. The van der Waals surface area contributed by atoms with E-state index < -0.39 is 0 Å². The van der Waals surface area contributed by atoms with Gasteiger partial charge in [0.2, 0.25) is 0 Å². The molecule has 3 N–H and O–H groups in total. The Morgan fingerprint density at radius 3 is 2.50 bits per heavy atom. The van der Waals surface area contributed by atoms with Crippen molar-refractivity contribution in [2.24, 2.45) is 5.84 Å². The Balaban J connectivity index is 3.01. The van der Waals surface area contributed by atoms with Crippen molar-refractivity contribution in [1.29, 1.82) is 0 Å². The predicted molar refractivity (Wildman–Crippen MR) is 63.3 cm³/mol. The molecule has 0 amide bonds. The third-order valence-corrected chi connectivity index (χ3v) is 3.37. The van der Waals surface area contributed by atoms with Gasteiger partial charge in [0.15, 0.2) is 0 Å². The first-order valence-electron chi connectivity index (χ1n) is 4.72. The Hall–Kier alpha value is -0.640. The largest absolute Gasteiger partial charge is 0.271 e. The quantitative estimate of drug-likeness (QED) is 0.457. The first-order chi connectivity index (χ1) is 6.56. The van der Waals surface area contributed by atoms with Gasteiger partial charge in [0, 0.05) is 4.88 Å². The zero-order chi connectivity index (χ0) is 10.7. The maximum Gasteiger partial charge on any atom is 0.0653 e. The van der Waals surface area contributed by atoms with Crippen LogP contribution in [0.3, 0.4) is 0 Å². The van der Waals surface area contributed by atoms with Crippen molar-refractivity contribution >= 4 is 11.3 Å².